The fourth-order valence-corrected chi connectivity index (χ4v) is 2.77. The van der Waals surface area contributed by atoms with E-state index in [2.05, 4.69) is 15.9 Å². The van der Waals surface area contributed by atoms with Crippen LogP contribution in [0.15, 0.2) is 27.6 Å². The lowest BCUT2D eigenvalue weighted by atomic mass is 10.2. The highest BCUT2D eigenvalue weighted by Gasteiger charge is 2.33. The molecule has 0 spiro atoms. The van der Waals surface area contributed by atoms with E-state index >= 15 is 0 Å². The Bertz CT molecular complexity index is 381. The summed E-state index contributed by atoms with van der Waals surface area (Å²) >= 11 is 4.27. The third-order valence-corrected chi connectivity index (χ3v) is 3.96. The third-order valence-electron chi connectivity index (χ3n) is 2.08. The molecular formula is C11H12BrF3OS. The van der Waals surface area contributed by atoms with Crippen molar-refractivity contribution in [2.75, 3.05) is 12.4 Å². The van der Waals surface area contributed by atoms with Gasteiger partial charge in [-0.15, -0.1) is 11.8 Å². The molecule has 0 heterocycles. The number of hydrogen-bond acceptors (Lipinski definition) is 2. The summed E-state index contributed by atoms with van der Waals surface area (Å²) in [6.07, 6.45) is -4.34. The van der Waals surface area contributed by atoms with Gasteiger partial charge in [-0.25, -0.2) is 0 Å². The SMILES string of the molecule is CC(CO)CSc1cc(Br)ccc1C(F)(F)F. The van der Waals surface area contributed by atoms with Crippen LogP contribution in [0.5, 0.6) is 0 Å². The number of benzene rings is 1. The van der Waals surface area contributed by atoms with E-state index in [0.29, 0.717) is 10.2 Å². The maximum absolute atomic E-state index is 12.7. The lowest BCUT2D eigenvalue weighted by molar-refractivity contribution is -0.139. The number of aliphatic hydroxyl groups is 1. The molecule has 17 heavy (non-hydrogen) atoms. The summed E-state index contributed by atoms with van der Waals surface area (Å²) in [6, 6.07) is 3.90. The molecule has 96 valence electrons. The predicted molar refractivity (Wildman–Crippen MR) is 66.1 cm³/mol. The van der Waals surface area contributed by atoms with E-state index in [9.17, 15) is 13.2 Å². The molecule has 0 aliphatic carbocycles. The number of hydrogen-bond donors (Lipinski definition) is 1. The molecule has 1 aromatic carbocycles. The van der Waals surface area contributed by atoms with Gasteiger partial charge < -0.3 is 5.11 Å². The van der Waals surface area contributed by atoms with Crippen molar-refractivity contribution in [1.82, 2.24) is 0 Å². The van der Waals surface area contributed by atoms with Crippen molar-refractivity contribution in [1.29, 1.82) is 0 Å². The number of halogens is 4. The van der Waals surface area contributed by atoms with Crippen LogP contribution >= 0.6 is 27.7 Å². The quantitative estimate of drug-likeness (QED) is 0.836. The summed E-state index contributed by atoms with van der Waals surface area (Å²) in [5.74, 6) is 0.427. The molecule has 0 fully saturated rings. The molecule has 1 N–H and O–H groups in total. The maximum Gasteiger partial charge on any atom is 0.417 e. The molecular weight excluding hydrogens is 317 g/mol. The summed E-state index contributed by atoms with van der Waals surface area (Å²) in [5.41, 5.74) is -0.629. The lowest BCUT2D eigenvalue weighted by Crippen LogP contribution is -2.08. The Morgan fingerprint density at radius 2 is 2.06 bits per heavy atom. The number of aliphatic hydroxyl groups excluding tert-OH is 1. The van der Waals surface area contributed by atoms with Gasteiger partial charge in [0.1, 0.15) is 0 Å². The first-order valence-electron chi connectivity index (χ1n) is 4.95. The van der Waals surface area contributed by atoms with Crippen LogP contribution in [0.2, 0.25) is 0 Å². The predicted octanol–water partition coefficient (Wildman–Crippen LogP) is 4.19. The smallest absolute Gasteiger partial charge is 0.396 e. The van der Waals surface area contributed by atoms with Crippen LogP contribution in [0.25, 0.3) is 0 Å². The Hall–Kier alpha value is -0.200. The molecule has 1 atom stereocenters. The third kappa shape index (κ3) is 4.52. The average Bonchev–Trinajstić information content (AvgIpc) is 2.24. The molecule has 1 rings (SSSR count). The van der Waals surface area contributed by atoms with Gasteiger partial charge in [0, 0.05) is 21.7 Å². The zero-order valence-corrected chi connectivity index (χ0v) is 11.5. The Balaban J connectivity index is 2.92. The van der Waals surface area contributed by atoms with E-state index in [1.165, 1.54) is 12.1 Å². The Morgan fingerprint density at radius 3 is 2.59 bits per heavy atom. The molecule has 1 nitrogen and oxygen atoms in total. The van der Waals surface area contributed by atoms with E-state index in [-0.39, 0.29) is 17.4 Å². The molecule has 0 saturated carbocycles. The van der Waals surface area contributed by atoms with Crippen molar-refractivity contribution in [3.8, 4) is 0 Å². The summed E-state index contributed by atoms with van der Waals surface area (Å²) < 4.78 is 38.7. The van der Waals surface area contributed by atoms with Gasteiger partial charge in [0.25, 0.3) is 0 Å². The molecule has 0 radical (unpaired) electrons. The van der Waals surface area contributed by atoms with Gasteiger partial charge in [-0.05, 0) is 24.1 Å². The topological polar surface area (TPSA) is 20.2 Å². The van der Waals surface area contributed by atoms with Crippen molar-refractivity contribution in [3.63, 3.8) is 0 Å². The van der Waals surface area contributed by atoms with E-state index in [0.717, 1.165) is 17.8 Å². The fourth-order valence-electron chi connectivity index (χ4n) is 1.13. The minimum Gasteiger partial charge on any atom is -0.396 e. The van der Waals surface area contributed by atoms with Crippen molar-refractivity contribution in [3.05, 3.63) is 28.2 Å². The number of thioether (sulfide) groups is 1. The van der Waals surface area contributed by atoms with Crippen LogP contribution in [0, 0.1) is 5.92 Å². The monoisotopic (exact) mass is 328 g/mol. The minimum absolute atomic E-state index is 0.0254. The molecule has 0 aliphatic heterocycles. The van der Waals surface area contributed by atoms with E-state index in [4.69, 9.17) is 5.11 Å². The average molecular weight is 329 g/mol. The first-order valence-corrected chi connectivity index (χ1v) is 6.73. The summed E-state index contributed by atoms with van der Waals surface area (Å²) in [7, 11) is 0. The van der Waals surface area contributed by atoms with Crippen molar-refractivity contribution >= 4 is 27.7 Å². The summed E-state index contributed by atoms with van der Waals surface area (Å²) in [4.78, 5) is 0.187. The van der Waals surface area contributed by atoms with Crippen LogP contribution in [-0.4, -0.2) is 17.5 Å². The maximum atomic E-state index is 12.7. The molecule has 0 aromatic heterocycles. The Morgan fingerprint density at radius 1 is 1.41 bits per heavy atom. The van der Waals surface area contributed by atoms with Crippen LogP contribution < -0.4 is 0 Å². The first-order chi connectivity index (χ1) is 7.84. The molecule has 1 aromatic rings. The van der Waals surface area contributed by atoms with Crippen molar-refractivity contribution < 1.29 is 18.3 Å². The van der Waals surface area contributed by atoms with Gasteiger partial charge in [0.2, 0.25) is 0 Å². The standard InChI is InChI=1S/C11H12BrF3OS/c1-7(5-16)6-17-10-4-8(12)2-3-9(10)11(13,14)15/h2-4,7,16H,5-6H2,1H3. The van der Waals surface area contributed by atoms with Crippen LogP contribution in [-0.2, 0) is 6.18 Å². The van der Waals surface area contributed by atoms with Crippen LogP contribution in [0.3, 0.4) is 0 Å². The molecule has 0 bridgehead atoms. The largest absolute Gasteiger partial charge is 0.417 e. The van der Waals surface area contributed by atoms with Gasteiger partial charge >= 0.3 is 6.18 Å². The second kappa shape index (κ2) is 6.11. The molecule has 0 aliphatic rings. The number of rotatable bonds is 4. The van der Waals surface area contributed by atoms with Gasteiger partial charge in [-0.2, -0.15) is 13.2 Å². The molecule has 0 amide bonds. The Labute approximate surface area is 111 Å². The van der Waals surface area contributed by atoms with Crippen LogP contribution in [0.4, 0.5) is 13.2 Å². The number of alkyl halides is 3. The summed E-state index contributed by atoms with van der Waals surface area (Å²) in [5, 5.41) is 8.85. The second-order valence-electron chi connectivity index (χ2n) is 3.74. The fraction of sp³-hybridized carbons (Fsp3) is 0.455. The first kappa shape index (κ1) is 14.9. The van der Waals surface area contributed by atoms with Crippen molar-refractivity contribution in [2.24, 2.45) is 5.92 Å². The molecule has 6 heteroatoms. The molecule has 1 unspecified atom stereocenters. The second-order valence-corrected chi connectivity index (χ2v) is 5.71. The zero-order valence-electron chi connectivity index (χ0n) is 9.09. The van der Waals surface area contributed by atoms with Gasteiger partial charge in [-0.3, -0.25) is 0 Å². The van der Waals surface area contributed by atoms with Gasteiger partial charge in [0.05, 0.1) is 5.56 Å². The van der Waals surface area contributed by atoms with Gasteiger partial charge in [0.15, 0.2) is 0 Å². The van der Waals surface area contributed by atoms with Crippen molar-refractivity contribution in [2.45, 2.75) is 18.0 Å². The highest BCUT2D eigenvalue weighted by Crippen LogP contribution is 2.38. The van der Waals surface area contributed by atoms with E-state index in [1.807, 2.05) is 0 Å². The Kier molecular flexibility index (Phi) is 5.34. The normalized spacial score (nSPS) is 13.8. The van der Waals surface area contributed by atoms with E-state index < -0.39 is 11.7 Å². The van der Waals surface area contributed by atoms with Crippen LogP contribution in [0.1, 0.15) is 12.5 Å². The zero-order chi connectivity index (χ0) is 13.1. The molecule has 0 saturated heterocycles. The van der Waals surface area contributed by atoms with E-state index in [1.54, 1.807) is 6.92 Å². The van der Waals surface area contributed by atoms with Gasteiger partial charge in [-0.1, -0.05) is 22.9 Å². The lowest BCUT2D eigenvalue weighted by Gasteiger charge is -2.14. The highest BCUT2D eigenvalue weighted by atomic mass is 79.9. The minimum atomic E-state index is -4.34. The highest BCUT2D eigenvalue weighted by molar-refractivity contribution is 9.10. The summed E-state index contributed by atoms with van der Waals surface area (Å²) in [6.45, 7) is 1.76.